The fourth-order valence-electron chi connectivity index (χ4n) is 6.51. The molecule has 220 valence electrons. The van der Waals surface area contributed by atoms with Crippen molar-refractivity contribution in [1.82, 2.24) is 14.1 Å². The first-order valence-corrected chi connectivity index (χ1v) is 15.6. The monoisotopic (exact) mass is 585 g/mol. The molecule has 1 unspecified atom stereocenters. The van der Waals surface area contributed by atoms with Crippen LogP contribution in [0, 0.1) is 13.8 Å². The van der Waals surface area contributed by atoms with Crippen LogP contribution in [0.4, 0.5) is 13.2 Å². The zero-order valence-corrected chi connectivity index (χ0v) is 24.8. The molecule has 0 saturated carbocycles. The van der Waals surface area contributed by atoms with Crippen molar-refractivity contribution in [2.75, 3.05) is 40.3 Å². The van der Waals surface area contributed by atoms with E-state index in [9.17, 15) is 21.6 Å². The van der Waals surface area contributed by atoms with E-state index in [1.165, 1.54) is 33.1 Å². The molecule has 0 spiro atoms. The minimum atomic E-state index is -4.76. The summed E-state index contributed by atoms with van der Waals surface area (Å²) in [5.41, 5.74) is 4.79. The molecule has 3 atom stereocenters. The SMILES string of the molecule is Cc1cccc(-c2ccc(C3[C@@H](CN(C)C)N4CCCCN(S(=O)(=O)c5ccccc5C(F)(F)F)C[C@@H]34)cc2)c1C. The van der Waals surface area contributed by atoms with Gasteiger partial charge in [0.1, 0.15) is 0 Å². The normalized spacial score (nSPS) is 22.6. The first-order chi connectivity index (χ1) is 19.4. The average Bonchev–Trinajstić information content (AvgIpc) is 2.91. The number of likely N-dealkylation sites (N-methyl/N-ethyl adjacent to an activating group) is 1. The Morgan fingerprint density at radius 3 is 2.27 bits per heavy atom. The fraction of sp³-hybridized carbons (Fsp3) is 0.438. The molecule has 2 aliphatic heterocycles. The molecule has 0 aromatic heterocycles. The summed E-state index contributed by atoms with van der Waals surface area (Å²) in [6.45, 7) is 6.23. The zero-order chi connectivity index (χ0) is 29.5. The Balaban J connectivity index is 1.49. The standard InChI is InChI=1S/C32H38F3N3O2S/c1-22-10-9-11-26(23(22)2)24-14-16-25(17-15-24)31-28(20-36(3)4)38-19-8-7-18-37(21-29(31)38)41(39,40)30-13-6-5-12-27(30)32(33,34)35/h5-6,9-17,28-29,31H,7-8,18-21H2,1-4H3/t28-,29+,31?/m1/s1. The predicted octanol–water partition coefficient (Wildman–Crippen LogP) is 6.17. The molecule has 9 heteroatoms. The van der Waals surface area contributed by atoms with Crippen LogP contribution >= 0.6 is 0 Å². The molecule has 2 heterocycles. The second-order valence-electron chi connectivity index (χ2n) is 11.6. The van der Waals surface area contributed by atoms with Gasteiger partial charge in [-0.25, -0.2) is 8.42 Å². The van der Waals surface area contributed by atoms with Crippen LogP contribution in [0.1, 0.15) is 41.0 Å². The molecule has 2 fully saturated rings. The number of alkyl halides is 3. The molecular formula is C32H38F3N3O2S. The molecule has 0 amide bonds. The second kappa shape index (κ2) is 11.5. The van der Waals surface area contributed by atoms with Crippen LogP contribution < -0.4 is 0 Å². The maximum Gasteiger partial charge on any atom is 0.417 e. The summed E-state index contributed by atoms with van der Waals surface area (Å²) in [5, 5.41) is 0. The lowest BCUT2D eigenvalue weighted by Gasteiger charge is -2.58. The fourth-order valence-corrected chi connectivity index (χ4v) is 8.22. The van der Waals surface area contributed by atoms with Gasteiger partial charge in [0, 0.05) is 37.6 Å². The van der Waals surface area contributed by atoms with Crippen molar-refractivity contribution in [2.24, 2.45) is 0 Å². The Bertz CT molecular complexity index is 1490. The Morgan fingerprint density at radius 1 is 0.902 bits per heavy atom. The van der Waals surface area contributed by atoms with Crippen LogP contribution in [0.15, 0.2) is 71.6 Å². The van der Waals surface area contributed by atoms with Gasteiger partial charge in [0.2, 0.25) is 10.0 Å². The molecule has 5 rings (SSSR count). The van der Waals surface area contributed by atoms with Gasteiger partial charge >= 0.3 is 6.18 Å². The summed E-state index contributed by atoms with van der Waals surface area (Å²) >= 11 is 0. The van der Waals surface area contributed by atoms with E-state index in [0.29, 0.717) is 6.42 Å². The minimum absolute atomic E-state index is 0.0544. The number of hydrogen-bond acceptors (Lipinski definition) is 4. The highest BCUT2D eigenvalue weighted by molar-refractivity contribution is 7.89. The molecular weight excluding hydrogens is 547 g/mol. The van der Waals surface area contributed by atoms with Crippen LogP contribution in [0.2, 0.25) is 0 Å². The van der Waals surface area contributed by atoms with Crippen molar-refractivity contribution in [3.63, 3.8) is 0 Å². The van der Waals surface area contributed by atoms with E-state index in [0.717, 1.165) is 42.8 Å². The van der Waals surface area contributed by atoms with Crippen molar-refractivity contribution >= 4 is 10.0 Å². The summed E-state index contributed by atoms with van der Waals surface area (Å²) in [7, 11) is -0.298. The van der Waals surface area contributed by atoms with Gasteiger partial charge in [0.15, 0.2) is 0 Å². The van der Waals surface area contributed by atoms with Gasteiger partial charge in [-0.1, -0.05) is 54.6 Å². The predicted molar refractivity (Wildman–Crippen MR) is 156 cm³/mol. The number of fused-ring (bicyclic) bond motifs is 1. The third-order valence-corrected chi connectivity index (χ3v) is 10.6. The minimum Gasteiger partial charge on any atom is -0.308 e. The summed E-state index contributed by atoms with van der Waals surface area (Å²) in [4.78, 5) is 3.84. The van der Waals surface area contributed by atoms with Crippen molar-refractivity contribution in [2.45, 2.75) is 55.8 Å². The van der Waals surface area contributed by atoms with Gasteiger partial charge in [0.25, 0.3) is 0 Å². The number of hydrogen-bond donors (Lipinski definition) is 0. The van der Waals surface area contributed by atoms with Crippen LogP contribution in [0.5, 0.6) is 0 Å². The Labute approximate surface area is 241 Å². The number of rotatable bonds is 6. The number of nitrogens with zero attached hydrogens (tertiary/aromatic N) is 3. The third kappa shape index (κ3) is 5.82. The quantitative estimate of drug-likeness (QED) is 0.347. The lowest BCUT2D eigenvalue weighted by Crippen LogP contribution is -2.68. The van der Waals surface area contributed by atoms with Crippen LogP contribution in [0.3, 0.4) is 0 Å². The lowest BCUT2D eigenvalue weighted by molar-refractivity contribution is -0.139. The van der Waals surface area contributed by atoms with Crippen LogP contribution in [0.25, 0.3) is 11.1 Å². The highest BCUT2D eigenvalue weighted by atomic mass is 32.2. The number of halogens is 3. The average molecular weight is 586 g/mol. The molecule has 5 nitrogen and oxygen atoms in total. The summed E-state index contributed by atoms with van der Waals surface area (Å²) in [6, 6.07) is 19.4. The van der Waals surface area contributed by atoms with Gasteiger partial charge in [-0.2, -0.15) is 17.5 Å². The molecule has 0 radical (unpaired) electrons. The van der Waals surface area contributed by atoms with E-state index in [1.54, 1.807) is 0 Å². The number of aryl methyl sites for hydroxylation is 1. The van der Waals surface area contributed by atoms with Gasteiger partial charge < -0.3 is 4.90 Å². The first kappa shape index (κ1) is 29.8. The van der Waals surface area contributed by atoms with E-state index >= 15 is 0 Å². The Morgan fingerprint density at radius 2 is 1.59 bits per heavy atom. The van der Waals surface area contributed by atoms with Crippen molar-refractivity contribution < 1.29 is 21.6 Å². The summed E-state index contributed by atoms with van der Waals surface area (Å²) in [5.74, 6) is 0.0544. The Hall–Kier alpha value is -2.72. The highest BCUT2D eigenvalue weighted by Gasteiger charge is 2.51. The molecule has 2 saturated heterocycles. The number of benzene rings is 3. The number of sulfonamides is 1. The van der Waals surface area contributed by atoms with E-state index in [2.05, 4.69) is 66.1 Å². The first-order valence-electron chi connectivity index (χ1n) is 14.1. The molecule has 2 aliphatic rings. The highest BCUT2D eigenvalue weighted by Crippen LogP contribution is 2.44. The van der Waals surface area contributed by atoms with Gasteiger partial charge in [-0.05, 0) is 87.3 Å². The van der Waals surface area contributed by atoms with Gasteiger partial charge in [-0.15, -0.1) is 0 Å². The lowest BCUT2D eigenvalue weighted by atomic mass is 9.73. The van der Waals surface area contributed by atoms with Crippen molar-refractivity contribution in [3.8, 4) is 11.1 Å². The molecule has 0 bridgehead atoms. The Kier molecular flexibility index (Phi) is 8.36. The topological polar surface area (TPSA) is 43.9 Å². The van der Waals surface area contributed by atoms with Gasteiger partial charge in [0.05, 0.1) is 10.5 Å². The van der Waals surface area contributed by atoms with E-state index in [-0.39, 0.29) is 31.1 Å². The largest absolute Gasteiger partial charge is 0.417 e. The van der Waals surface area contributed by atoms with Crippen LogP contribution in [-0.4, -0.2) is 74.9 Å². The summed E-state index contributed by atoms with van der Waals surface area (Å²) < 4.78 is 70.2. The van der Waals surface area contributed by atoms with Crippen molar-refractivity contribution in [1.29, 1.82) is 0 Å². The van der Waals surface area contributed by atoms with Crippen molar-refractivity contribution in [3.05, 3.63) is 89.0 Å². The molecule has 0 aliphatic carbocycles. The molecule has 3 aromatic carbocycles. The van der Waals surface area contributed by atoms with Gasteiger partial charge in [-0.3, -0.25) is 4.90 Å². The van der Waals surface area contributed by atoms with E-state index in [1.807, 2.05) is 14.1 Å². The van der Waals surface area contributed by atoms with Crippen LogP contribution in [-0.2, 0) is 16.2 Å². The maximum atomic E-state index is 13.8. The van der Waals surface area contributed by atoms with E-state index in [4.69, 9.17) is 0 Å². The summed E-state index contributed by atoms with van der Waals surface area (Å²) in [6.07, 6.45) is -3.38. The molecule has 41 heavy (non-hydrogen) atoms. The zero-order valence-electron chi connectivity index (χ0n) is 24.0. The smallest absolute Gasteiger partial charge is 0.308 e. The molecule has 0 N–H and O–H groups in total. The third-order valence-electron chi connectivity index (χ3n) is 8.72. The molecule has 3 aromatic rings. The van der Waals surface area contributed by atoms with E-state index < -0.39 is 26.7 Å². The second-order valence-corrected chi connectivity index (χ2v) is 13.5. The maximum absolute atomic E-state index is 13.8.